The van der Waals surface area contributed by atoms with Crippen LogP contribution in [0.5, 0.6) is 0 Å². The lowest BCUT2D eigenvalue weighted by Crippen LogP contribution is -2.05. The van der Waals surface area contributed by atoms with Crippen molar-refractivity contribution in [1.29, 1.82) is 0 Å². The molecule has 2 aromatic rings. The maximum absolute atomic E-state index is 4.13. The normalized spacial score (nSPS) is 10.1. The van der Waals surface area contributed by atoms with E-state index in [0.29, 0.717) is 0 Å². The van der Waals surface area contributed by atoms with E-state index in [9.17, 15) is 0 Å². The molecule has 18 heavy (non-hydrogen) atoms. The van der Waals surface area contributed by atoms with Crippen molar-refractivity contribution in [2.75, 3.05) is 11.9 Å². The molecule has 0 unspecified atom stereocenters. The molecule has 1 N–H and O–H groups in total. The monoisotopic (exact) mass is 237 g/mol. The van der Waals surface area contributed by atoms with Crippen molar-refractivity contribution in [2.45, 2.75) is 13.3 Å². The second kappa shape index (κ2) is 6.06. The average Bonchev–Trinajstić information content (AvgIpc) is 2.46. The van der Waals surface area contributed by atoms with Crippen molar-refractivity contribution in [2.24, 2.45) is 0 Å². The number of hydrogen-bond acceptors (Lipinski definition) is 1. The van der Waals surface area contributed by atoms with E-state index in [2.05, 4.69) is 55.2 Å². The molecule has 0 aliphatic rings. The maximum Gasteiger partial charge on any atom is 0.0400 e. The minimum Gasteiger partial charge on any atom is -0.381 e. The Morgan fingerprint density at radius 3 is 2.39 bits per heavy atom. The number of nitrogens with one attached hydrogen (secondary N) is 1. The van der Waals surface area contributed by atoms with Crippen LogP contribution in [0.3, 0.4) is 0 Å². The zero-order valence-electron chi connectivity index (χ0n) is 10.8. The molecule has 1 heteroatoms. The highest BCUT2D eigenvalue weighted by molar-refractivity contribution is 5.68. The fourth-order valence-electron chi connectivity index (χ4n) is 1.98. The molecule has 1 nitrogen and oxygen atoms in total. The van der Waals surface area contributed by atoms with Crippen molar-refractivity contribution in [1.82, 2.24) is 0 Å². The third kappa shape index (κ3) is 3.01. The second-order valence-corrected chi connectivity index (χ2v) is 4.33. The first kappa shape index (κ1) is 12.4. The molecule has 0 radical (unpaired) electrons. The Balaban J connectivity index is 2.02. The molecule has 0 spiro atoms. The smallest absolute Gasteiger partial charge is 0.0400 e. The van der Waals surface area contributed by atoms with Gasteiger partial charge in [0, 0.05) is 12.2 Å². The standard InChI is InChI=1S/C17H19N/c1-3-15-9-7-8-12-17(15)18-13-14(2)16-10-5-4-6-11-16/h4-12,18H,2-3,13H2,1H3. The summed E-state index contributed by atoms with van der Waals surface area (Å²) in [6.45, 7) is 7.08. The first-order valence-corrected chi connectivity index (χ1v) is 6.36. The highest BCUT2D eigenvalue weighted by Crippen LogP contribution is 2.18. The Morgan fingerprint density at radius 1 is 1.00 bits per heavy atom. The maximum atomic E-state index is 4.13. The molecule has 0 amide bonds. The van der Waals surface area contributed by atoms with Gasteiger partial charge in [-0.1, -0.05) is 62.0 Å². The first-order chi connectivity index (χ1) is 8.81. The molecule has 0 saturated carbocycles. The van der Waals surface area contributed by atoms with E-state index < -0.39 is 0 Å². The number of rotatable bonds is 5. The Bertz CT molecular complexity index is 514. The number of hydrogen-bond donors (Lipinski definition) is 1. The lowest BCUT2D eigenvalue weighted by molar-refractivity contribution is 1.13. The zero-order chi connectivity index (χ0) is 12.8. The molecule has 0 aromatic heterocycles. The quantitative estimate of drug-likeness (QED) is 0.814. The van der Waals surface area contributed by atoms with Gasteiger partial charge in [-0.2, -0.15) is 0 Å². The van der Waals surface area contributed by atoms with E-state index in [4.69, 9.17) is 0 Å². The Hall–Kier alpha value is -2.02. The molecular formula is C17H19N. The molecule has 0 bridgehead atoms. The van der Waals surface area contributed by atoms with Crippen LogP contribution >= 0.6 is 0 Å². The first-order valence-electron chi connectivity index (χ1n) is 6.36. The molecule has 2 rings (SSSR count). The third-order valence-corrected chi connectivity index (χ3v) is 3.07. The molecule has 0 heterocycles. The summed E-state index contributed by atoms with van der Waals surface area (Å²) in [5.41, 5.74) is 4.86. The predicted molar refractivity (Wildman–Crippen MR) is 79.8 cm³/mol. The van der Waals surface area contributed by atoms with Crippen molar-refractivity contribution >= 4 is 11.3 Å². The summed E-state index contributed by atoms with van der Waals surface area (Å²) in [4.78, 5) is 0. The largest absolute Gasteiger partial charge is 0.381 e. The van der Waals surface area contributed by atoms with Crippen LogP contribution < -0.4 is 5.32 Å². The summed E-state index contributed by atoms with van der Waals surface area (Å²) in [7, 11) is 0. The average molecular weight is 237 g/mol. The van der Waals surface area contributed by atoms with E-state index in [-0.39, 0.29) is 0 Å². The Morgan fingerprint density at radius 2 is 1.67 bits per heavy atom. The van der Waals surface area contributed by atoms with Gasteiger partial charge in [0.05, 0.1) is 0 Å². The molecule has 0 aliphatic carbocycles. The van der Waals surface area contributed by atoms with E-state index in [0.717, 1.165) is 18.5 Å². The molecule has 0 atom stereocenters. The molecule has 0 fully saturated rings. The highest BCUT2D eigenvalue weighted by Gasteiger charge is 2.01. The van der Waals surface area contributed by atoms with Crippen LogP contribution in [0.25, 0.3) is 5.57 Å². The molecule has 92 valence electrons. The fraction of sp³-hybridized carbons (Fsp3) is 0.176. The summed E-state index contributed by atoms with van der Waals surface area (Å²) in [6.07, 6.45) is 1.04. The van der Waals surface area contributed by atoms with Crippen LogP contribution in [0.2, 0.25) is 0 Å². The number of anilines is 1. The van der Waals surface area contributed by atoms with Gasteiger partial charge in [-0.05, 0) is 29.2 Å². The van der Waals surface area contributed by atoms with E-state index in [1.54, 1.807) is 0 Å². The topological polar surface area (TPSA) is 12.0 Å². The molecule has 0 aliphatic heterocycles. The van der Waals surface area contributed by atoms with E-state index >= 15 is 0 Å². The number of benzene rings is 2. The summed E-state index contributed by atoms with van der Waals surface area (Å²) < 4.78 is 0. The van der Waals surface area contributed by atoms with Crippen molar-refractivity contribution in [3.8, 4) is 0 Å². The lowest BCUT2D eigenvalue weighted by Gasteiger charge is -2.12. The van der Waals surface area contributed by atoms with Crippen LogP contribution in [0.1, 0.15) is 18.1 Å². The van der Waals surface area contributed by atoms with E-state index in [1.807, 2.05) is 18.2 Å². The van der Waals surface area contributed by atoms with Gasteiger partial charge in [0.2, 0.25) is 0 Å². The number of para-hydroxylation sites is 1. The van der Waals surface area contributed by atoms with Gasteiger partial charge >= 0.3 is 0 Å². The third-order valence-electron chi connectivity index (χ3n) is 3.07. The minimum atomic E-state index is 0.779. The van der Waals surface area contributed by atoms with Crippen molar-refractivity contribution < 1.29 is 0 Å². The molecule has 2 aromatic carbocycles. The van der Waals surface area contributed by atoms with Crippen molar-refractivity contribution in [3.05, 3.63) is 72.3 Å². The lowest BCUT2D eigenvalue weighted by atomic mass is 10.1. The summed E-state index contributed by atoms with van der Waals surface area (Å²) in [5.74, 6) is 0. The summed E-state index contributed by atoms with van der Waals surface area (Å²) in [6, 6.07) is 18.7. The van der Waals surface area contributed by atoms with Gasteiger partial charge < -0.3 is 5.32 Å². The van der Waals surface area contributed by atoms with Crippen LogP contribution in [-0.4, -0.2) is 6.54 Å². The van der Waals surface area contributed by atoms with Crippen molar-refractivity contribution in [3.63, 3.8) is 0 Å². The highest BCUT2D eigenvalue weighted by atomic mass is 14.9. The van der Waals surface area contributed by atoms with Crippen LogP contribution in [0, 0.1) is 0 Å². The summed E-state index contributed by atoms with van der Waals surface area (Å²) in [5, 5.41) is 3.46. The fourth-order valence-corrected chi connectivity index (χ4v) is 1.98. The van der Waals surface area contributed by atoms with Gasteiger partial charge in [0.1, 0.15) is 0 Å². The zero-order valence-corrected chi connectivity index (χ0v) is 10.8. The van der Waals surface area contributed by atoms with Gasteiger partial charge in [0.15, 0.2) is 0 Å². The van der Waals surface area contributed by atoms with Gasteiger partial charge in [-0.15, -0.1) is 0 Å². The predicted octanol–water partition coefficient (Wildman–Crippen LogP) is 4.37. The van der Waals surface area contributed by atoms with Crippen LogP contribution in [-0.2, 0) is 6.42 Å². The van der Waals surface area contributed by atoms with Gasteiger partial charge in [-0.3, -0.25) is 0 Å². The SMILES string of the molecule is C=C(CNc1ccccc1CC)c1ccccc1. The number of aryl methyl sites for hydroxylation is 1. The Labute approximate surface area is 109 Å². The second-order valence-electron chi connectivity index (χ2n) is 4.33. The van der Waals surface area contributed by atoms with Crippen LogP contribution in [0.4, 0.5) is 5.69 Å². The van der Waals surface area contributed by atoms with Crippen LogP contribution in [0.15, 0.2) is 61.2 Å². The van der Waals surface area contributed by atoms with E-state index in [1.165, 1.54) is 16.8 Å². The minimum absolute atomic E-state index is 0.779. The molecule has 0 saturated heterocycles. The summed E-state index contributed by atoms with van der Waals surface area (Å²) >= 11 is 0. The van der Waals surface area contributed by atoms with Gasteiger partial charge in [0.25, 0.3) is 0 Å². The Kier molecular flexibility index (Phi) is 4.19. The van der Waals surface area contributed by atoms with Gasteiger partial charge in [-0.25, -0.2) is 0 Å². The molecular weight excluding hydrogens is 218 g/mol.